The normalized spacial score (nSPS) is 15.3. The minimum absolute atomic E-state index is 0.0122. The minimum Gasteiger partial charge on any atom is -0.497 e. The molecule has 120 valence electrons. The van der Waals surface area contributed by atoms with Crippen molar-refractivity contribution in [3.8, 4) is 5.75 Å². The van der Waals surface area contributed by atoms with Crippen molar-refractivity contribution in [1.29, 1.82) is 0 Å². The molecule has 1 aliphatic rings. The van der Waals surface area contributed by atoms with Gasteiger partial charge in [-0.25, -0.2) is 0 Å². The number of ether oxygens (including phenoxy) is 2. The number of benzene rings is 1. The van der Waals surface area contributed by atoms with Gasteiger partial charge >= 0.3 is 5.97 Å². The van der Waals surface area contributed by atoms with Crippen LogP contribution in [0.4, 0.5) is 0 Å². The molecule has 1 aromatic rings. The number of carbonyl (C=O) groups is 2. The van der Waals surface area contributed by atoms with Crippen LogP contribution in [-0.2, 0) is 14.3 Å². The maximum absolute atomic E-state index is 12.0. The molecule has 1 fully saturated rings. The fourth-order valence-electron chi connectivity index (χ4n) is 2.20. The molecule has 1 atom stereocenters. The summed E-state index contributed by atoms with van der Waals surface area (Å²) in [5, 5.41) is 2.96. The summed E-state index contributed by atoms with van der Waals surface area (Å²) in [4.78, 5) is 24.0. The second-order valence-electron chi connectivity index (χ2n) is 5.85. The van der Waals surface area contributed by atoms with E-state index < -0.39 is 0 Å². The summed E-state index contributed by atoms with van der Waals surface area (Å²) >= 11 is 0. The number of esters is 1. The lowest BCUT2D eigenvalue weighted by molar-refractivity contribution is -0.148. The zero-order valence-corrected chi connectivity index (χ0v) is 13.3. The minimum atomic E-state index is -0.370. The van der Waals surface area contributed by atoms with Crippen LogP contribution in [0.25, 0.3) is 0 Å². The summed E-state index contributed by atoms with van der Waals surface area (Å²) in [6.07, 6.45) is 1.82. The van der Waals surface area contributed by atoms with Gasteiger partial charge in [0, 0.05) is 5.92 Å². The van der Waals surface area contributed by atoms with Gasteiger partial charge in [0.05, 0.1) is 25.7 Å². The van der Waals surface area contributed by atoms with Gasteiger partial charge in [0.15, 0.2) is 0 Å². The monoisotopic (exact) mass is 305 g/mol. The Morgan fingerprint density at radius 2 is 1.86 bits per heavy atom. The molecule has 0 radical (unpaired) electrons. The molecule has 1 saturated carbocycles. The molecule has 0 aliphatic heterocycles. The van der Waals surface area contributed by atoms with Gasteiger partial charge in [-0.2, -0.15) is 0 Å². The van der Waals surface area contributed by atoms with Gasteiger partial charge in [0.1, 0.15) is 5.75 Å². The van der Waals surface area contributed by atoms with Crippen LogP contribution in [0.2, 0.25) is 0 Å². The van der Waals surface area contributed by atoms with E-state index in [0.717, 1.165) is 24.2 Å². The fourth-order valence-corrected chi connectivity index (χ4v) is 2.20. The second kappa shape index (κ2) is 7.29. The van der Waals surface area contributed by atoms with E-state index in [2.05, 4.69) is 5.32 Å². The molecule has 5 heteroatoms. The maximum Gasteiger partial charge on any atom is 0.308 e. The van der Waals surface area contributed by atoms with E-state index in [-0.39, 0.29) is 36.4 Å². The van der Waals surface area contributed by atoms with Crippen molar-refractivity contribution in [3.63, 3.8) is 0 Å². The van der Waals surface area contributed by atoms with E-state index in [4.69, 9.17) is 9.47 Å². The van der Waals surface area contributed by atoms with Crippen LogP contribution < -0.4 is 10.1 Å². The van der Waals surface area contributed by atoms with Crippen molar-refractivity contribution < 1.29 is 19.1 Å². The number of carbonyl (C=O) groups excluding carboxylic acids is 2. The Morgan fingerprint density at radius 3 is 2.36 bits per heavy atom. The van der Waals surface area contributed by atoms with Gasteiger partial charge in [-0.3, -0.25) is 9.59 Å². The summed E-state index contributed by atoms with van der Waals surface area (Å²) in [7, 11) is 1.60. The van der Waals surface area contributed by atoms with E-state index in [1.54, 1.807) is 7.11 Å². The van der Waals surface area contributed by atoms with Gasteiger partial charge in [-0.1, -0.05) is 12.1 Å². The molecule has 0 bridgehead atoms. The van der Waals surface area contributed by atoms with Crippen LogP contribution in [-0.4, -0.2) is 25.1 Å². The van der Waals surface area contributed by atoms with Gasteiger partial charge in [-0.05, 0) is 44.4 Å². The van der Waals surface area contributed by atoms with Crippen molar-refractivity contribution in [2.24, 2.45) is 5.92 Å². The Morgan fingerprint density at radius 1 is 1.23 bits per heavy atom. The Hall–Kier alpha value is -2.04. The molecule has 1 amide bonds. The lowest BCUT2D eigenvalue weighted by Crippen LogP contribution is -2.32. The number of nitrogens with one attached hydrogen (secondary N) is 1. The van der Waals surface area contributed by atoms with Gasteiger partial charge in [-0.15, -0.1) is 0 Å². The van der Waals surface area contributed by atoms with E-state index in [1.807, 2.05) is 38.1 Å². The molecule has 0 aromatic heterocycles. The Balaban J connectivity index is 2.08. The average molecular weight is 305 g/mol. The molecule has 0 unspecified atom stereocenters. The maximum atomic E-state index is 12.0. The molecule has 1 aromatic carbocycles. The summed E-state index contributed by atoms with van der Waals surface area (Å²) in [5.41, 5.74) is 0.871. The molecular weight excluding hydrogens is 282 g/mol. The van der Waals surface area contributed by atoms with Crippen molar-refractivity contribution in [3.05, 3.63) is 29.8 Å². The molecule has 0 heterocycles. The third-order valence-electron chi connectivity index (χ3n) is 3.52. The first-order valence-corrected chi connectivity index (χ1v) is 7.63. The van der Waals surface area contributed by atoms with E-state index in [0.29, 0.717) is 0 Å². The van der Waals surface area contributed by atoms with Crippen molar-refractivity contribution in [2.75, 3.05) is 7.11 Å². The summed E-state index contributed by atoms with van der Waals surface area (Å²) < 4.78 is 10.3. The summed E-state index contributed by atoms with van der Waals surface area (Å²) in [5.74, 6) is 0.535. The highest BCUT2D eigenvalue weighted by Crippen LogP contribution is 2.30. The first-order chi connectivity index (χ1) is 10.5. The van der Waals surface area contributed by atoms with Crippen molar-refractivity contribution in [1.82, 2.24) is 5.32 Å². The van der Waals surface area contributed by atoms with Gasteiger partial charge in [0.2, 0.25) is 5.91 Å². The molecule has 2 rings (SSSR count). The third-order valence-corrected chi connectivity index (χ3v) is 3.52. The SMILES string of the molecule is COc1ccc([C@@H](CC(=O)OC(C)C)NC(=O)C2CC2)cc1. The predicted octanol–water partition coefficient (Wildman–Crippen LogP) is 2.60. The molecule has 22 heavy (non-hydrogen) atoms. The lowest BCUT2D eigenvalue weighted by Gasteiger charge is -2.19. The average Bonchev–Trinajstić information content (AvgIpc) is 3.30. The number of methoxy groups -OCH3 is 1. The number of rotatable bonds is 7. The van der Waals surface area contributed by atoms with E-state index in [9.17, 15) is 9.59 Å². The zero-order chi connectivity index (χ0) is 16.1. The van der Waals surface area contributed by atoms with Gasteiger partial charge in [0.25, 0.3) is 0 Å². The summed E-state index contributed by atoms with van der Waals surface area (Å²) in [6.45, 7) is 3.62. The van der Waals surface area contributed by atoms with Crippen molar-refractivity contribution >= 4 is 11.9 Å². The zero-order valence-electron chi connectivity index (χ0n) is 13.3. The molecule has 0 saturated heterocycles. The molecule has 1 N–H and O–H groups in total. The third kappa shape index (κ3) is 4.76. The fraction of sp³-hybridized carbons (Fsp3) is 0.529. The largest absolute Gasteiger partial charge is 0.497 e. The van der Waals surface area contributed by atoms with E-state index >= 15 is 0 Å². The first kappa shape index (κ1) is 16.3. The van der Waals surface area contributed by atoms with Crippen LogP contribution in [0.3, 0.4) is 0 Å². The molecule has 1 aliphatic carbocycles. The van der Waals surface area contributed by atoms with E-state index in [1.165, 1.54) is 0 Å². The topological polar surface area (TPSA) is 64.6 Å². The predicted molar refractivity (Wildman–Crippen MR) is 82.4 cm³/mol. The number of hydrogen-bond acceptors (Lipinski definition) is 4. The van der Waals surface area contributed by atoms with Crippen LogP contribution in [0.15, 0.2) is 24.3 Å². The van der Waals surface area contributed by atoms with Crippen LogP contribution in [0.5, 0.6) is 5.75 Å². The quantitative estimate of drug-likeness (QED) is 0.786. The molecule has 0 spiro atoms. The van der Waals surface area contributed by atoms with Crippen LogP contribution in [0.1, 0.15) is 44.7 Å². The lowest BCUT2D eigenvalue weighted by atomic mass is 10.0. The Labute approximate surface area is 131 Å². The highest BCUT2D eigenvalue weighted by molar-refractivity contribution is 5.82. The van der Waals surface area contributed by atoms with Crippen molar-refractivity contribution in [2.45, 2.75) is 45.3 Å². The molecular formula is C17H23NO4. The van der Waals surface area contributed by atoms with Crippen LogP contribution >= 0.6 is 0 Å². The van der Waals surface area contributed by atoms with Crippen LogP contribution in [0, 0.1) is 5.92 Å². The Kier molecular flexibility index (Phi) is 5.41. The van der Waals surface area contributed by atoms with Gasteiger partial charge < -0.3 is 14.8 Å². The first-order valence-electron chi connectivity index (χ1n) is 7.63. The number of amides is 1. The smallest absolute Gasteiger partial charge is 0.308 e. The standard InChI is InChI=1S/C17H23NO4/c1-11(2)22-16(19)10-15(18-17(20)13-4-5-13)12-6-8-14(21-3)9-7-12/h6-9,11,13,15H,4-5,10H2,1-3H3,(H,18,20)/t15-/m1/s1. The summed E-state index contributed by atoms with van der Waals surface area (Å²) in [6, 6.07) is 6.99. The Bertz CT molecular complexity index is 520. The molecule has 5 nitrogen and oxygen atoms in total. The highest BCUT2D eigenvalue weighted by atomic mass is 16.5. The second-order valence-corrected chi connectivity index (χ2v) is 5.85. The number of hydrogen-bond donors (Lipinski definition) is 1. The highest BCUT2D eigenvalue weighted by Gasteiger charge is 2.32.